The Hall–Kier alpha value is -1.10. The van der Waals surface area contributed by atoms with E-state index in [1.165, 1.54) is 12.1 Å². The average Bonchev–Trinajstić information content (AvgIpc) is 3.13. The van der Waals surface area contributed by atoms with Crippen LogP contribution in [0.25, 0.3) is 0 Å². The van der Waals surface area contributed by atoms with E-state index in [2.05, 4.69) is 15.9 Å². The van der Waals surface area contributed by atoms with Crippen LogP contribution in [-0.2, 0) is 10.2 Å². The van der Waals surface area contributed by atoms with Crippen LogP contribution in [-0.4, -0.2) is 17.2 Å². The number of rotatable bonds is 4. The second-order valence-corrected chi connectivity index (χ2v) is 5.82. The fourth-order valence-corrected chi connectivity index (χ4v) is 2.64. The largest absolute Gasteiger partial charge is 0.489 e. The molecule has 5 heteroatoms. The maximum atomic E-state index is 13.5. The third-order valence-electron chi connectivity index (χ3n) is 3.49. The summed E-state index contributed by atoms with van der Waals surface area (Å²) in [5.74, 6) is -0.841. The Balaban J connectivity index is 2.08. The molecule has 1 aromatic rings. The highest BCUT2D eigenvalue weighted by Gasteiger charge is 2.54. The van der Waals surface area contributed by atoms with Gasteiger partial charge < -0.3 is 9.84 Å². The van der Waals surface area contributed by atoms with Crippen LogP contribution < -0.4 is 4.74 Å². The van der Waals surface area contributed by atoms with Crippen molar-refractivity contribution < 1.29 is 19.0 Å². The molecule has 1 N–H and O–H groups in total. The van der Waals surface area contributed by atoms with Gasteiger partial charge >= 0.3 is 5.97 Å². The van der Waals surface area contributed by atoms with Gasteiger partial charge in [0.25, 0.3) is 0 Å². The molecule has 0 atom stereocenters. The highest BCUT2D eigenvalue weighted by molar-refractivity contribution is 9.10. The predicted octanol–water partition coefficient (Wildman–Crippen LogP) is 3.25. The molecule has 3 rings (SSSR count). The smallest absolute Gasteiger partial charge is 0.314 e. The lowest BCUT2D eigenvalue weighted by atomic mass is 9.95. The van der Waals surface area contributed by atoms with Crippen molar-refractivity contribution in [1.29, 1.82) is 0 Å². The Bertz CT molecular complexity index is 521. The Morgan fingerprint density at radius 3 is 2.61 bits per heavy atom. The number of hydrogen-bond acceptors (Lipinski definition) is 2. The quantitative estimate of drug-likeness (QED) is 0.928. The van der Waals surface area contributed by atoms with Gasteiger partial charge in [-0.2, -0.15) is 0 Å². The van der Waals surface area contributed by atoms with Gasteiger partial charge in [0.15, 0.2) is 0 Å². The molecule has 2 aliphatic carbocycles. The lowest BCUT2D eigenvalue weighted by Gasteiger charge is -2.18. The van der Waals surface area contributed by atoms with Crippen LogP contribution in [0.1, 0.15) is 31.2 Å². The van der Waals surface area contributed by atoms with Crippen LogP contribution in [0.15, 0.2) is 16.6 Å². The Morgan fingerprint density at radius 1 is 1.44 bits per heavy atom. The zero-order valence-electron chi connectivity index (χ0n) is 9.58. The monoisotopic (exact) mass is 314 g/mol. The molecular weight excluding hydrogens is 303 g/mol. The molecule has 0 amide bonds. The minimum atomic E-state index is -0.950. The van der Waals surface area contributed by atoms with Gasteiger partial charge in [-0.15, -0.1) is 0 Å². The van der Waals surface area contributed by atoms with Gasteiger partial charge in [0.05, 0.1) is 16.0 Å². The molecule has 96 valence electrons. The molecule has 2 aliphatic rings. The first-order chi connectivity index (χ1) is 8.53. The summed E-state index contributed by atoms with van der Waals surface area (Å²) in [7, 11) is 0. The third-order valence-corrected chi connectivity index (χ3v) is 4.08. The SMILES string of the molecule is O=C(O)C1(c2cc(F)cc(Br)c2OC2CC2)CC1. The lowest BCUT2D eigenvalue weighted by Crippen LogP contribution is -2.21. The van der Waals surface area contributed by atoms with E-state index < -0.39 is 17.2 Å². The van der Waals surface area contributed by atoms with Gasteiger partial charge in [0, 0.05) is 5.56 Å². The normalized spacial score (nSPS) is 20.6. The first-order valence-electron chi connectivity index (χ1n) is 5.92. The summed E-state index contributed by atoms with van der Waals surface area (Å²) in [4.78, 5) is 11.4. The summed E-state index contributed by atoms with van der Waals surface area (Å²) in [5, 5.41) is 9.32. The number of hydrogen-bond donors (Lipinski definition) is 1. The second-order valence-electron chi connectivity index (χ2n) is 4.97. The highest BCUT2D eigenvalue weighted by atomic mass is 79.9. The Morgan fingerprint density at radius 2 is 2.11 bits per heavy atom. The van der Waals surface area contributed by atoms with E-state index in [1.807, 2.05) is 0 Å². The summed E-state index contributed by atoms with van der Waals surface area (Å²) in [6.45, 7) is 0. The van der Waals surface area contributed by atoms with E-state index in [4.69, 9.17) is 4.74 Å². The maximum Gasteiger partial charge on any atom is 0.314 e. The molecule has 2 saturated carbocycles. The van der Waals surface area contributed by atoms with Crippen LogP contribution in [0.3, 0.4) is 0 Å². The van der Waals surface area contributed by atoms with E-state index >= 15 is 0 Å². The first kappa shape index (κ1) is 12.0. The summed E-state index contributed by atoms with van der Waals surface area (Å²) in [6.07, 6.45) is 3.18. The topological polar surface area (TPSA) is 46.5 Å². The van der Waals surface area contributed by atoms with E-state index in [0.717, 1.165) is 12.8 Å². The van der Waals surface area contributed by atoms with Crippen molar-refractivity contribution in [3.8, 4) is 5.75 Å². The zero-order chi connectivity index (χ0) is 12.9. The summed E-state index contributed by atoms with van der Waals surface area (Å²) >= 11 is 3.27. The molecule has 0 aliphatic heterocycles. The zero-order valence-corrected chi connectivity index (χ0v) is 11.2. The fraction of sp³-hybridized carbons (Fsp3) is 0.462. The number of aliphatic carboxylic acids is 1. The predicted molar refractivity (Wildman–Crippen MR) is 66.3 cm³/mol. The number of carbonyl (C=O) groups is 1. The average molecular weight is 315 g/mol. The van der Waals surface area contributed by atoms with E-state index in [1.54, 1.807) is 0 Å². The molecule has 1 aromatic carbocycles. The fourth-order valence-electron chi connectivity index (χ4n) is 2.11. The van der Waals surface area contributed by atoms with Crippen molar-refractivity contribution in [1.82, 2.24) is 0 Å². The molecule has 18 heavy (non-hydrogen) atoms. The van der Waals surface area contributed by atoms with Crippen LogP contribution >= 0.6 is 15.9 Å². The molecular formula is C13H12BrFO3. The number of ether oxygens (including phenoxy) is 1. The first-order valence-corrected chi connectivity index (χ1v) is 6.72. The van der Waals surface area contributed by atoms with E-state index in [-0.39, 0.29) is 6.10 Å². The van der Waals surface area contributed by atoms with Crippen molar-refractivity contribution in [2.24, 2.45) is 0 Å². The van der Waals surface area contributed by atoms with Gasteiger partial charge in [-0.25, -0.2) is 4.39 Å². The second kappa shape index (κ2) is 3.95. The molecule has 2 fully saturated rings. The molecule has 0 saturated heterocycles. The molecule has 0 bridgehead atoms. The van der Waals surface area contributed by atoms with Gasteiger partial charge in [0.1, 0.15) is 11.6 Å². The number of carboxylic acid groups (broad SMARTS) is 1. The Labute approximate surface area is 112 Å². The molecule has 0 aromatic heterocycles. The Kier molecular flexibility index (Phi) is 2.62. The molecule has 0 spiro atoms. The molecule has 0 heterocycles. The van der Waals surface area contributed by atoms with Gasteiger partial charge in [-0.05, 0) is 53.7 Å². The summed E-state index contributed by atoms with van der Waals surface area (Å²) < 4.78 is 19.7. The van der Waals surface area contributed by atoms with Crippen LogP contribution in [0.4, 0.5) is 4.39 Å². The standard InChI is InChI=1S/C13H12BrFO3/c14-10-6-7(15)5-9(11(10)18-8-1-2-8)13(3-4-13)12(16)17/h5-6,8H,1-4H2,(H,16,17). The number of benzene rings is 1. The summed E-state index contributed by atoms with van der Waals surface area (Å²) in [5.41, 5.74) is -0.483. The van der Waals surface area contributed by atoms with Crippen LogP contribution in [0.5, 0.6) is 5.75 Å². The third kappa shape index (κ3) is 1.90. The number of carboxylic acids is 1. The van der Waals surface area contributed by atoms with Gasteiger partial charge in [0.2, 0.25) is 0 Å². The van der Waals surface area contributed by atoms with Crippen LogP contribution in [0, 0.1) is 5.82 Å². The minimum Gasteiger partial charge on any atom is -0.489 e. The van der Waals surface area contributed by atoms with Crippen molar-refractivity contribution >= 4 is 21.9 Å². The lowest BCUT2D eigenvalue weighted by molar-refractivity contribution is -0.140. The summed E-state index contributed by atoms with van der Waals surface area (Å²) in [6, 6.07) is 2.61. The van der Waals surface area contributed by atoms with Crippen LogP contribution in [0.2, 0.25) is 0 Å². The molecule has 3 nitrogen and oxygen atoms in total. The van der Waals surface area contributed by atoms with Crippen molar-refractivity contribution in [2.45, 2.75) is 37.2 Å². The molecule has 0 unspecified atom stereocenters. The number of halogens is 2. The minimum absolute atomic E-state index is 0.148. The van der Waals surface area contributed by atoms with Gasteiger partial charge in [-0.1, -0.05) is 0 Å². The maximum absolute atomic E-state index is 13.5. The van der Waals surface area contributed by atoms with E-state index in [9.17, 15) is 14.3 Å². The highest BCUT2D eigenvalue weighted by Crippen LogP contribution is 2.53. The van der Waals surface area contributed by atoms with E-state index in [0.29, 0.717) is 28.6 Å². The van der Waals surface area contributed by atoms with Gasteiger partial charge in [-0.3, -0.25) is 4.79 Å². The van der Waals surface area contributed by atoms with Crippen molar-refractivity contribution in [3.63, 3.8) is 0 Å². The van der Waals surface area contributed by atoms with Crippen molar-refractivity contribution in [3.05, 3.63) is 28.0 Å². The molecule has 0 radical (unpaired) electrons. The van der Waals surface area contributed by atoms with Crippen molar-refractivity contribution in [2.75, 3.05) is 0 Å².